The highest BCUT2D eigenvalue weighted by atomic mass is 16.2. The first-order chi connectivity index (χ1) is 6.65. The molecule has 1 aliphatic heterocycles. The first-order valence-electron chi connectivity index (χ1n) is 5.39. The Hall–Kier alpha value is -0.610. The van der Waals surface area contributed by atoms with Crippen molar-refractivity contribution in [1.29, 1.82) is 0 Å². The molecule has 1 heterocycles. The van der Waals surface area contributed by atoms with Crippen molar-refractivity contribution < 1.29 is 4.79 Å². The summed E-state index contributed by atoms with van der Waals surface area (Å²) in [6.45, 7) is 1.90. The van der Waals surface area contributed by atoms with Crippen molar-refractivity contribution in [2.24, 2.45) is 16.9 Å². The van der Waals surface area contributed by atoms with Crippen LogP contribution in [-0.2, 0) is 4.79 Å². The molecule has 1 saturated heterocycles. The van der Waals surface area contributed by atoms with E-state index >= 15 is 0 Å². The molecule has 0 radical (unpaired) electrons. The van der Waals surface area contributed by atoms with Gasteiger partial charge in [-0.05, 0) is 31.1 Å². The molecule has 1 saturated carbocycles. The first-order valence-corrected chi connectivity index (χ1v) is 5.39. The van der Waals surface area contributed by atoms with Crippen LogP contribution in [0.4, 0.5) is 0 Å². The minimum absolute atomic E-state index is 0.0855. The van der Waals surface area contributed by atoms with E-state index in [2.05, 4.69) is 0 Å². The van der Waals surface area contributed by atoms with Crippen LogP contribution in [0.25, 0.3) is 0 Å². The molecule has 1 spiro atoms. The van der Waals surface area contributed by atoms with Gasteiger partial charge in [-0.1, -0.05) is 0 Å². The van der Waals surface area contributed by atoms with E-state index < -0.39 is 0 Å². The zero-order chi connectivity index (χ0) is 10.2. The lowest BCUT2D eigenvalue weighted by atomic mass is 9.85. The van der Waals surface area contributed by atoms with Crippen LogP contribution >= 0.6 is 0 Å². The van der Waals surface area contributed by atoms with Crippen molar-refractivity contribution in [3.63, 3.8) is 0 Å². The highest BCUT2D eigenvalue weighted by Gasteiger charge is 2.43. The van der Waals surface area contributed by atoms with Crippen molar-refractivity contribution in [3.05, 3.63) is 0 Å². The van der Waals surface area contributed by atoms with Crippen molar-refractivity contribution in [3.8, 4) is 0 Å². The summed E-state index contributed by atoms with van der Waals surface area (Å²) in [5.74, 6) is 0.0855. The molecule has 80 valence electrons. The van der Waals surface area contributed by atoms with Gasteiger partial charge in [0.05, 0.1) is 6.54 Å². The lowest BCUT2D eigenvalue weighted by molar-refractivity contribution is -0.129. The number of hydrogen-bond donors (Lipinski definition) is 2. The predicted molar refractivity (Wildman–Crippen MR) is 54.5 cm³/mol. The van der Waals surface area contributed by atoms with Crippen molar-refractivity contribution in [1.82, 2.24) is 4.90 Å². The molecular weight excluding hydrogens is 178 g/mol. The molecular formula is C10H19N3O. The number of likely N-dealkylation sites (tertiary alicyclic amines) is 1. The van der Waals surface area contributed by atoms with Gasteiger partial charge in [-0.25, -0.2) is 0 Å². The summed E-state index contributed by atoms with van der Waals surface area (Å²) in [5, 5.41) is 0. The molecule has 2 fully saturated rings. The topological polar surface area (TPSA) is 72.4 Å². The van der Waals surface area contributed by atoms with Crippen LogP contribution in [0.2, 0.25) is 0 Å². The third kappa shape index (κ3) is 1.64. The van der Waals surface area contributed by atoms with E-state index in [1.165, 1.54) is 6.42 Å². The molecule has 1 amide bonds. The fourth-order valence-electron chi connectivity index (χ4n) is 2.90. The summed E-state index contributed by atoms with van der Waals surface area (Å²) < 4.78 is 0. The maximum atomic E-state index is 11.4. The van der Waals surface area contributed by atoms with Gasteiger partial charge in [0.2, 0.25) is 5.91 Å². The Morgan fingerprint density at radius 2 is 2.29 bits per heavy atom. The van der Waals surface area contributed by atoms with Crippen LogP contribution in [-0.4, -0.2) is 36.5 Å². The van der Waals surface area contributed by atoms with E-state index in [0.29, 0.717) is 11.5 Å². The van der Waals surface area contributed by atoms with Gasteiger partial charge in [-0.15, -0.1) is 0 Å². The summed E-state index contributed by atoms with van der Waals surface area (Å²) in [6.07, 6.45) is 4.50. The molecule has 4 heteroatoms. The molecule has 14 heavy (non-hydrogen) atoms. The van der Waals surface area contributed by atoms with Crippen molar-refractivity contribution in [2.75, 3.05) is 19.6 Å². The average Bonchev–Trinajstić information content (AvgIpc) is 2.74. The second-order valence-electron chi connectivity index (χ2n) is 4.77. The Morgan fingerprint density at radius 1 is 1.50 bits per heavy atom. The molecule has 0 aromatic heterocycles. The largest absolute Gasteiger partial charge is 0.341 e. The number of carbonyl (C=O) groups excluding carboxylic acids is 1. The lowest BCUT2D eigenvalue weighted by Crippen LogP contribution is -2.36. The van der Waals surface area contributed by atoms with E-state index in [0.717, 1.165) is 32.4 Å². The Bertz CT molecular complexity index is 244. The van der Waals surface area contributed by atoms with Gasteiger partial charge < -0.3 is 16.4 Å². The fourth-order valence-corrected chi connectivity index (χ4v) is 2.90. The lowest BCUT2D eigenvalue weighted by Gasteiger charge is -2.23. The average molecular weight is 197 g/mol. The molecule has 4 nitrogen and oxygen atoms in total. The maximum absolute atomic E-state index is 11.4. The monoisotopic (exact) mass is 197 g/mol. The van der Waals surface area contributed by atoms with Crippen LogP contribution < -0.4 is 11.5 Å². The third-order valence-electron chi connectivity index (χ3n) is 3.71. The van der Waals surface area contributed by atoms with Crippen LogP contribution in [0.1, 0.15) is 25.7 Å². The van der Waals surface area contributed by atoms with Crippen molar-refractivity contribution >= 4 is 5.91 Å². The second kappa shape index (κ2) is 3.51. The van der Waals surface area contributed by atoms with E-state index in [9.17, 15) is 4.79 Å². The number of rotatable bonds is 1. The highest BCUT2D eigenvalue weighted by Crippen LogP contribution is 2.44. The number of nitrogens with zero attached hydrogens (tertiary/aromatic N) is 1. The molecule has 1 aliphatic carbocycles. The highest BCUT2D eigenvalue weighted by molar-refractivity contribution is 5.78. The first kappa shape index (κ1) is 9.93. The normalized spacial score (nSPS) is 37.0. The molecule has 2 rings (SSSR count). The summed E-state index contributed by atoms with van der Waals surface area (Å²) in [5.41, 5.74) is 11.6. The standard InChI is InChI=1S/C10H19N3O/c11-6-9(14)13-4-3-10(7-13)2-1-8(12)5-10/h8H,1-7,11-12H2. The Kier molecular flexibility index (Phi) is 2.49. The van der Waals surface area contributed by atoms with Gasteiger partial charge in [0.25, 0.3) is 0 Å². The van der Waals surface area contributed by atoms with E-state index in [1.807, 2.05) is 4.90 Å². The predicted octanol–water partition coefficient (Wildman–Crippen LogP) is -0.325. The quantitative estimate of drug-likeness (QED) is 0.605. The van der Waals surface area contributed by atoms with Gasteiger partial charge >= 0.3 is 0 Å². The van der Waals surface area contributed by atoms with Gasteiger partial charge in [0, 0.05) is 19.1 Å². The maximum Gasteiger partial charge on any atom is 0.236 e. The summed E-state index contributed by atoms with van der Waals surface area (Å²) >= 11 is 0. The van der Waals surface area contributed by atoms with Crippen molar-refractivity contribution in [2.45, 2.75) is 31.7 Å². The number of carbonyl (C=O) groups is 1. The molecule has 0 aromatic carbocycles. The zero-order valence-electron chi connectivity index (χ0n) is 8.54. The van der Waals surface area contributed by atoms with Crippen LogP contribution in [0.5, 0.6) is 0 Å². The van der Waals surface area contributed by atoms with Crippen LogP contribution in [0.15, 0.2) is 0 Å². The molecule has 2 aliphatic rings. The number of nitrogens with two attached hydrogens (primary N) is 2. The summed E-state index contributed by atoms with van der Waals surface area (Å²) in [6, 6.07) is 0.350. The molecule has 4 N–H and O–H groups in total. The molecule has 2 unspecified atom stereocenters. The van der Waals surface area contributed by atoms with Gasteiger partial charge in [-0.2, -0.15) is 0 Å². The molecule has 0 aromatic rings. The second-order valence-corrected chi connectivity index (χ2v) is 4.77. The third-order valence-corrected chi connectivity index (χ3v) is 3.71. The van der Waals surface area contributed by atoms with Gasteiger partial charge in [0.1, 0.15) is 0 Å². The van der Waals surface area contributed by atoms with Gasteiger partial charge in [-0.3, -0.25) is 4.79 Å². The molecule has 2 atom stereocenters. The van der Waals surface area contributed by atoms with Crippen LogP contribution in [0.3, 0.4) is 0 Å². The summed E-state index contributed by atoms with van der Waals surface area (Å²) in [4.78, 5) is 13.3. The fraction of sp³-hybridized carbons (Fsp3) is 0.900. The Balaban J connectivity index is 1.97. The Labute approximate surface area is 84.6 Å². The molecule has 0 bridgehead atoms. The smallest absolute Gasteiger partial charge is 0.236 e. The number of amides is 1. The van der Waals surface area contributed by atoms with Crippen LogP contribution in [0, 0.1) is 5.41 Å². The van der Waals surface area contributed by atoms with Gasteiger partial charge in [0.15, 0.2) is 0 Å². The Morgan fingerprint density at radius 3 is 2.86 bits per heavy atom. The van der Waals surface area contributed by atoms with E-state index in [1.54, 1.807) is 0 Å². The zero-order valence-corrected chi connectivity index (χ0v) is 8.54. The van der Waals surface area contributed by atoms with E-state index in [4.69, 9.17) is 11.5 Å². The minimum Gasteiger partial charge on any atom is -0.341 e. The SMILES string of the molecule is NCC(=O)N1CCC2(CCC(N)C2)C1. The minimum atomic E-state index is 0.0855. The van der Waals surface area contributed by atoms with E-state index in [-0.39, 0.29) is 12.5 Å². The summed E-state index contributed by atoms with van der Waals surface area (Å²) in [7, 11) is 0. The number of hydrogen-bond acceptors (Lipinski definition) is 3.